The highest BCUT2D eigenvalue weighted by atomic mass is 16.5. The van der Waals surface area contributed by atoms with Crippen LogP contribution in [0.25, 0.3) is 10.9 Å². The molecular formula is C14H16N2O4. The number of benzene rings is 1. The van der Waals surface area contributed by atoms with Crippen molar-refractivity contribution in [1.82, 2.24) is 4.98 Å². The highest BCUT2D eigenvalue weighted by Crippen LogP contribution is 2.26. The highest BCUT2D eigenvalue weighted by molar-refractivity contribution is 6.04. The van der Waals surface area contributed by atoms with Crippen LogP contribution >= 0.6 is 0 Å². The first-order chi connectivity index (χ1) is 9.55. The summed E-state index contributed by atoms with van der Waals surface area (Å²) in [5.41, 5.74) is 2.51. The van der Waals surface area contributed by atoms with Crippen molar-refractivity contribution in [2.75, 3.05) is 19.0 Å². The Morgan fingerprint density at radius 2 is 2.05 bits per heavy atom. The third-order valence-electron chi connectivity index (χ3n) is 2.80. The molecule has 0 saturated heterocycles. The number of hydrogen-bond acceptors (Lipinski definition) is 4. The molecule has 0 saturated carbocycles. The number of hydrogen-bond donors (Lipinski definition) is 2. The van der Waals surface area contributed by atoms with Gasteiger partial charge in [0.1, 0.15) is 0 Å². The normalized spacial score (nSPS) is 10.3. The van der Waals surface area contributed by atoms with Gasteiger partial charge >= 0.3 is 12.1 Å². The lowest BCUT2D eigenvalue weighted by Crippen LogP contribution is -2.14. The lowest BCUT2D eigenvalue weighted by Gasteiger charge is -2.08. The summed E-state index contributed by atoms with van der Waals surface area (Å²) in [6.45, 7) is 3.89. The van der Waals surface area contributed by atoms with Gasteiger partial charge in [0.05, 0.1) is 30.5 Å². The zero-order valence-electron chi connectivity index (χ0n) is 11.6. The summed E-state index contributed by atoms with van der Waals surface area (Å²) in [6.07, 6.45) is -0.567. The monoisotopic (exact) mass is 276 g/mol. The number of H-pyrrole nitrogens is 1. The van der Waals surface area contributed by atoms with Crippen LogP contribution in [0.2, 0.25) is 0 Å². The van der Waals surface area contributed by atoms with Gasteiger partial charge < -0.3 is 14.5 Å². The fourth-order valence-electron chi connectivity index (χ4n) is 2.00. The summed E-state index contributed by atoms with van der Waals surface area (Å²) in [6, 6.07) is 5.15. The molecule has 0 aliphatic rings. The first-order valence-corrected chi connectivity index (χ1v) is 6.20. The number of esters is 1. The van der Waals surface area contributed by atoms with Gasteiger partial charge in [-0.2, -0.15) is 0 Å². The fraction of sp³-hybridized carbons (Fsp3) is 0.286. The minimum absolute atomic E-state index is 0.273. The standard InChI is InChI=1S/C14H16N2O4/c1-4-20-14(18)16-11-7-10(13(17)19-3)6-9-5-8(2)15-12(9)11/h5-7,15H,4H2,1-3H3,(H,16,18). The molecule has 20 heavy (non-hydrogen) atoms. The van der Waals surface area contributed by atoms with E-state index in [9.17, 15) is 9.59 Å². The van der Waals surface area contributed by atoms with Crippen molar-refractivity contribution >= 4 is 28.7 Å². The van der Waals surface area contributed by atoms with Gasteiger partial charge in [-0.25, -0.2) is 9.59 Å². The van der Waals surface area contributed by atoms with E-state index in [1.807, 2.05) is 13.0 Å². The zero-order valence-corrected chi connectivity index (χ0v) is 11.6. The molecule has 1 aromatic heterocycles. The predicted molar refractivity (Wildman–Crippen MR) is 75.0 cm³/mol. The average molecular weight is 276 g/mol. The lowest BCUT2D eigenvalue weighted by atomic mass is 10.1. The number of rotatable bonds is 3. The van der Waals surface area contributed by atoms with Crippen LogP contribution in [0.5, 0.6) is 0 Å². The Morgan fingerprint density at radius 1 is 1.30 bits per heavy atom. The van der Waals surface area contributed by atoms with E-state index in [-0.39, 0.29) is 6.61 Å². The second-order valence-corrected chi connectivity index (χ2v) is 4.28. The first-order valence-electron chi connectivity index (χ1n) is 6.20. The van der Waals surface area contributed by atoms with E-state index >= 15 is 0 Å². The van der Waals surface area contributed by atoms with E-state index in [1.165, 1.54) is 7.11 Å². The number of fused-ring (bicyclic) bond motifs is 1. The summed E-state index contributed by atoms with van der Waals surface area (Å²) in [5.74, 6) is -0.460. The van der Waals surface area contributed by atoms with Gasteiger partial charge in [0, 0.05) is 11.1 Å². The molecule has 2 aromatic rings. The molecule has 0 fully saturated rings. The zero-order chi connectivity index (χ0) is 14.7. The summed E-state index contributed by atoms with van der Waals surface area (Å²) in [4.78, 5) is 26.3. The molecule has 0 spiro atoms. The molecule has 0 aliphatic carbocycles. The Hall–Kier alpha value is -2.50. The topological polar surface area (TPSA) is 80.4 Å². The molecule has 106 valence electrons. The molecule has 1 aromatic carbocycles. The van der Waals surface area contributed by atoms with Crippen molar-refractivity contribution in [3.8, 4) is 0 Å². The first kappa shape index (κ1) is 13.9. The van der Waals surface area contributed by atoms with E-state index in [0.29, 0.717) is 11.3 Å². The van der Waals surface area contributed by atoms with Crippen molar-refractivity contribution in [3.63, 3.8) is 0 Å². The number of methoxy groups -OCH3 is 1. The van der Waals surface area contributed by atoms with Gasteiger partial charge in [-0.15, -0.1) is 0 Å². The summed E-state index contributed by atoms with van der Waals surface area (Å²) < 4.78 is 9.55. The molecule has 0 aliphatic heterocycles. The Bertz CT molecular complexity index is 660. The quantitative estimate of drug-likeness (QED) is 0.845. The smallest absolute Gasteiger partial charge is 0.411 e. The van der Waals surface area contributed by atoms with Crippen LogP contribution in [0.4, 0.5) is 10.5 Å². The number of nitrogens with one attached hydrogen (secondary N) is 2. The van der Waals surface area contributed by atoms with Crippen LogP contribution in [0, 0.1) is 6.92 Å². The van der Waals surface area contributed by atoms with Crippen molar-refractivity contribution in [2.24, 2.45) is 0 Å². The van der Waals surface area contributed by atoms with Gasteiger partial charge in [-0.3, -0.25) is 5.32 Å². The Morgan fingerprint density at radius 3 is 2.70 bits per heavy atom. The lowest BCUT2D eigenvalue weighted by molar-refractivity contribution is 0.0601. The van der Waals surface area contributed by atoms with Crippen molar-refractivity contribution < 1.29 is 19.1 Å². The van der Waals surface area contributed by atoms with Crippen LogP contribution in [0.15, 0.2) is 18.2 Å². The second kappa shape index (κ2) is 5.64. The molecular weight excluding hydrogens is 260 g/mol. The number of anilines is 1. The molecule has 6 nitrogen and oxygen atoms in total. The van der Waals surface area contributed by atoms with E-state index in [1.54, 1.807) is 19.1 Å². The van der Waals surface area contributed by atoms with Gasteiger partial charge in [0.25, 0.3) is 0 Å². The number of aryl methyl sites for hydroxylation is 1. The fourth-order valence-corrected chi connectivity index (χ4v) is 2.00. The Labute approximate surface area is 116 Å². The molecule has 1 amide bonds. The maximum absolute atomic E-state index is 11.7. The van der Waals surface area contributed by atoms with Crippen molar-refractivity contribution in [2.45, 2.75) is 13.8 Å². The molecule has 0 bridgehead atoms. The van der Waals surface area contributed by atoms with Gasteiger partial charge in [-0.05, 0) is 32.0 Å². The van der Waals surface area contributed by atoms with E-state index < -0.39 is 12.1 Å². The summed E-state index contributed by atoms with van der Waals surface area (Å²) >= 11 is 0. The molecule has 1 heterocycles. The second-order valence-electron chi connectivity index (χ2n) is 4.28. The summed E-state index contributed by atoms with van der Waals surface area (Å²) in [7, 11) is 1.31. The predicted octanol–water partition coefficient (Wildman–Crippen LogP) is 2.83. The third-order valence-corrected chi connectivity index (χ3v) is 2.80. The number of aromatic amines is 1. The van der Waals surface area contributed by atoms with Gasteiger partial charge in [0.15, 0.2) is 0 Å². The minimum Gasteiger partial charge on any atom is -0.465 e. The third kappa shape index (κ3) is 2.74. The number of ether oxygens (including phenoxy) is 2. The van der Waals surface area contributed by atoms with Crippen LogP contribution < -0.4 is 5.32 Å². The van der Waals surface area contributed by atoms with E-state index in [0.717, 1.165) is 16.6 Å². The van der Waals surface area contributed by atoms with Gasteiger partial charge in [-0.1, -0.05) is 0 Å². The molecule has 2 N–H and O–H groups in total. The Kier molecular flexibility index (Phi) is 3.93. The SMILES string of the molecule is CCOC(=O)Nc1cc(C(=O)OC)cc2cc(C)[nH]c12. The van der Waals surface area contributed by atoms with Crippen molar-refractivity contribution in [3.05, 3.63) is 29.5 Å². The molecule has 0 unspecified atom stereocenters. The van der Waals surface area contributed by atoms with Crippen LogP contribution in [-0.2, 0) is 9.47 Å². The molecule has 0 atom stereocenters. The van der Waals surface area contributed by atoms with Crippen LogP contribution in [0.1, 0.15) is 23.0 Å². The van der Waals surface area contributed by atoms with Crippen LogP contribution in [0.3, 0.4) is 0 Å². The Balaban J connectivity index is 2.48. The van der Waals surface area contributed by atoms with E-state index in [2.05, 4.69) is 10.3 Å². The van der Waals surface area contributed by atoms with Crippen molar-refractivity contribution in [1.29, 1.82) is 0 Å². The molecule has 0 radical (unpaired) electrons. The number of aromatic nitrogens is 1. The minimum atomic E-state index is -0.567. The number of carbonyl (C=O) groups excluding carboxylic acids is 2. The largest absolute Gasteiger partial charge is 0.465 e. The number of amides is 1. The number of carbonyl (C=O) groups is 2. The maximum atomic E-state index is 11.7. The summed E-state index contributed by atoms with van der Waals surface area (Å²) in [5, 5.41) is 3.44. The van der Waals surface area contributed by atoms with Crippen LogP contribution in [-0.4, -0.2) is 30.8 Å². The highest BCUT2D eigenvalue weighted by Gasteiger charge is 2.14. The van der Waals surface area contributed by atoms with Gasteiger partial charge in [0.2, 0.25) is 0 Å². The maximum Gasteiger partial charge on any atom is 0.411 e. The van der Waals surface area contributed by atoms with E-state index in [4.69, 9.17) is 9.47 Å². The average Bonchev–Trinajstić information content (AvgIpc) is 2.78. The molecule has 6 heteroatoms. The molecule has 2 rings (SSSR count).